The van der Waals surface area contributed by atoms with Gasteiger partial charge < -0.3 is 10.8 Å². The summed E-state index contributed by atoms with van der Waals surface area (Å²) in [4.78, 5) is 15.5. The highest BCUT2D eigenvalue weighted by Crippen LogP contribution is 2.37. The Kier molecular flexibility index (Phi) is 3.06. The molecule has 3 N–H and O–H groups in total. The molecule has 0 saturated heterocycles. The van der Waals surface area contributed by atoms with Gasteiger partial charge in [0, 0.05) is 5.92 Å². The van der Waals surface area contributed by atoms with Gasteiger partial charge in [0.2, 0.25) is 5.95 Å². The largest absolute Gasteiger partial charge is 0.480 e. The molecule has 0 aliphatic carbocycles. The van der Waals surface area contributed by atoms with E-state index in [1.165, 1.54) is 4.68 Å². The van der Waals surface area contributed by atoms with Gasteiger partial charge in [0.1, 0.15) is 5.82 Å². The Bertz CT molecular complexity index is 729. The summed E-state index contributed by atoms with van der Waals surface area (Å²) in [7, 11) is 0. The Labute approximate surface area is 120 Å². The zero-order valence-corrected chi connectivity index (χ0v) is 11.1. The van der Waals surface area contributed by atoms with Gasteiger partial charge in [-0.1, -0.05) is 12.1 Å². The molecule has 7 nitrogen and oxygen atoms in total. The second kappa shape index (κ2) is 4.90. The van der Waals surface area contributed by atoms with Crippen LogP contribution >= 0.6 is 0 Å². The van der Waals surface area contributed by atoms with E-state index in [0.29, 0.717) is 24.2 Å². The summed E-state index contributed by atoms with van der Waals surface area (Å²) < 4.78 is 1.41. The number of anilines is 1. The number of nitrogens with two attached hydrogens (primary N) is 1. The Morgan fingerprint density at radius 3 is 2.71 bits per heavy atom. The highest BCUT2D eigenvalue weighted by atomic mass is 16.4. The quantitative estimate of drug-likeness (QED) is 0.857. The molecule has 2 aromatic rings. The van der Waals surface area contributed by atoms with Crippen LogP contribution in [-0.2, 0) is 4.79 Å². The molecule has 1 aliphatic heterocycles. The molecule has 2 atom stereocenters. The number of carbonyl (C=O) groups is 1. The number of benzene rings is 1. The Hall–Kier alpha value is -2.88. The minimum atomic E-state index is -0.931. The summed E-state index contributed by atoms with van der Waals surface area (Å²) in [6, 6.07) is 8.55. The van der Waals surface area contributed by atoms with Gasteiger partial charge in [-0.2, -0.15) is 10.2 Å². The molecule has 3 rings (SSSR count). The summed E-state index contributed by atoms with van der Waals surface area (Å²) in [5.41, 5.74) is 7.19. The average Bonchev–Trinajstić information content (AvgIpc) is 2.87. The zero-order chi connectivity index (χ0) is 15.0. The average molecular weight is 283 g/mol. The standard InChI is InChI=1S/C14H13N5O2/c15-7-8-1-3-9(4-2-8)10-5-6-11(13(20)21)19-12(10)17-14(16)18-19/h1-4,10-11H,5-6H2,(H2,16,18)(H,20,21). The maximum Gasteiger partial charge on any atom is 0.328 e. The first-order chi connectivity index (χ1) is 10.1. The Balaban J connectivity index is 2.02. The van der Waals surface area contributed by atoms with Crippen molar-refractivity contribution in [1.82, 2.24) is 14.8 Å². The SMILES string of the molecule is N#Cc1ccc(C2CCC(C(=O)O)n3nc(N)nc32)cc1. The molecule has 0 radical (unpaired) electrons. The summed E-state index contributed by atoms with van der Waals surface area (Å²) in [5.74, 6) is -0.342. The smallest absolute Gasteiger partial charge is 0.328 e. The second-order valence-corrected chi connectivity index (χ2v) is 4.99. The van der Waals surface area contributed by atoms with Crippen molar-refractivity contribution in [3.05, 3.63) is 41.2 Å². The van der Waals surface area contributed by atoms with Crippen LogP contribution in [0.5, 0.6) is 0 Å². The van der Waals surface area contributed by atoms with Crippen LogP contribution in [-0.4, -0.2) is 25.8 Å². The maximum absolute atomic E-state index is 11.3. The molecule has 0 fully saturated rings. The van der Waals surface area contributed by atoms with E-state index in [1.54, 1.807) is 12.1 Å². The molecule has 1 aromatic carbocycles. The van der Waals surface area contributed by atoms with Gasteiger partial charge in [-0.05, 0) is 30.5 Å². The third kappa shape index (κ3) is 2.21. The number of aromatic nitrogens is 3. The summed E-state index contributed by atoms with van der Waals surface area (Å²) >= 11 is 0. The van der Waals surface area contributed by atoms with Crippen molar-refractivity contribution in [2.24, 2.45) is 0 Å². The van der Waals surface area contributed by atoms with E-state index in [-0.39, 0.29) is 11.9 Å². The van der Waals surface area contributed by atoms with Crippen molar-refractivity contribution in [2.45, 2.75) is 24.8 Å². The van der Waals surface area contributed by atoms with Gasteiger partial charge >= 0.3 is 5.97 Å². The van der Waals surface area contributed by atoms with E-state index in [9.17, 15) is 9.90 Å². The van der Waals surface area contributed by atoms with E-state index in [0.717, 1.165) is 5.56 Å². The third-order valence-electron chi connectivity index (χ3n) is 3.74. The van der Waals surface area contributed by atoms with Crippen LogP contribution in [0, 0.1) is 11.3 Å². The Morgan fingerprint density at radius 1 is 1.38 bits per heavy atom. The summed E-state index contributed by atoms with van der Waals surface area (Å²) in [5, 5.41) is 22.1. The van der Waals surface area contributed by atoms with Crippen molar-refractivity contribution in [3.8, 4) is 6.07 Å². The van der Waals surface area contributed by atoms with Crippen LogP contribution in [0.4, 0.5) is 5.95 Å². The summed E-state index contributed by atoms with van der Waals surface area (Å²) in [6.07, 6.45) is 1.12. The molecule has 1 aromatic heterocycles. The van der Waals surface area contributed by atoms with E-state index < -0.39 is 12.0 Å². The molecule has 2 heterocycles. The van der Waals surface area contributed by atoms with Crippen LogP contribution in [0.25, 0.3) is 0 Å². The predicted octanol–water partition coefficient (Wildman–Crippen LogP) is 1.28. The lowest BCUT2D eigenvalue weighted by Gasteiger charge is -2.26. The predicted molar refractivity (Wildman–Crippen MR) is 73.3 cm³/mol. The van der Waals surface area contributed by atoms with Crippen LogP contribution in [0.3, 0.4) is 0 Å². The van der Waals surface area contributed by atoms with Crippen molar-refractivity contribution in [1.29, 1.82) is 5.26 Å². The molecule has 21 heavy (non-hydrogen) atoms. The minimum Gasteiger partial charge on any atom is -0.480 e. The lowest BCUT2D eigenvalue weighted by Crippen LogP contribution is -2.28. The molecule has 1 aliphatic rings. The number of hydrogen-bond donors (Lipinski definition) is 2. The van der Waals surface area contributed by atoms with Crippen LogP contribution in [0.1, 0.15) is 41.8 Å². The van der Waals surface area contributed by atoms with Gasteiger partial charge in [-0.3, -0.25) is 0 Å². The van der Waals surface area contributed by atoms with Crippen LogP contribution in [0.15, 0.2) is 24.3 Å². The van der Waals surface area contributed by atoms with Crippen LogP contribution in [0.2, 0.25) is 0 Å². The first-order valence-corrected chi connectivity index (χ1v) is 6.55. The fourth-order valence-electron chi connectivity index (χ4n) is 2.73. The van der Waals surface area contributed by atoms with Crippen molar-refractivity contribution in [2.75, 3.05) is 5.73 Å². The monoisotopic (exact) mass is 283 g/mol. The number of aliphatic carboxylic acids is 1. The number of nitrogens with zero attached hydrogens (tertiary/aromatic N) is 4. The number of rotatable bonds is 2. The molecule has 0 saturated carbocycles. The molecule has 0 spiro atoms. The molecule has 106 valence electrons. The highest BCUT2D eigenvalue weighted by Gasteiger charge is 2.34. The number of nitriles is 1. The van der Waals surface area contributed by atoms with Gasteiger partial charge in [0.05, 0.1) is 11.6 Å². The van der Waals surface area contributed by atoms with E-state index in [2.05, 4.69) is 16.2 Å². The van der Waals surface area contributed by atoms with E-state index in [4.69, 9.17) is 11.0 Å². The van der Waals surface area contributed by atoms with Gasteiger partial charge in [-0.15, -0.1) is 5.10 Å². The van der Waals surface area contributed by atoms with Crippen molar-refractivity contribution < 1.29 is 9.90 Å². The fourth-order valence-corrected chi connectivity index (χ4v) is 2.73. The Morgan fingerprint density at radius 2 is 2.10 bits per heavy atom. The van der Waals surface area contributed by atoms with Gasteiger partial charge in [0.25, 0.3) is 0 Å². The number of carboxylic acid groups (broad SMARTS) is 1. The fraction of sp³-hybridized carbons (Fsp3) is 0.286. The second-order valence-electron chi connectivity index (χ2n) is 4.99. The van der Waals surface area contributed by atoms with Gasteiger partial charge in [0.15, 0.2) is 6.04 Å². The number of carboxylic acids is 1. The molecule has 0 amide bonds. The molecule has 7 heteroatoms. The highest BCUT2D eigenvalue weighted by molar-refractivity contribution is 5.72. The van der Waals surface area contributed by atoms with E-state index >= 15 is 0 Å². The lowest BCUT2D eigenvalue weighted by molar-refractivity contribution is -0.141. The molecule has 0 bridgehead atoms. The first-order valence-electron chi connectivity index (χ1n) is 6.55. The van der Waals surface area contributed by atoms with Crippen molar-refractivity contribution in [3.63, 3.8) is 0 Å². The van der Waals surface area contributed by atoms with Gasteiger partial charge in [-0.25, -0.2) is 9.48 Å². The molecule has 2 unspecified atom stereocenters. The van der Waals surface area contributed by atoms with Crippen LogP contribution < -0.4 is 5.73 Å². The topological polar surface area (TPSA) is 118 Å². The lowest BCUT2D eigenvalue weighted by atomic mass is 9.88. The number of nitrogen functional groups attached to an aromatic ring is 1. The normalized spacial score (nSPS) is 20.5. The number of fused-ring (bicyclic) bond motifs is 1. The third-order valence-corrected chi connectivity index (χ3v) is 3.74. The maximum atomic E-state index is 11.3. The summed E-state index contributed by atoms with van der Waals surface area (Å²) in [6.45, 7) is 0. The first kappa shape index (κ1) is 13.1. The number of hydrogen-bond acceptors (Lipinski definition) is 5. The van der Waals surface area contributed by atoms with Crippen molar-refractivity contribution >= 4 is 11.9 Å². The van der Waals surface area contributed by atoms with E-state index in [1.807, 2.05) is 12.1 Å². The molecular weight excluding hydrogens is 270 g/mol. The zero-order valence-electron chi connectivity index (χ0n) is 11.1. The minimum absolute atomic E-state index is 0.0573. The molecular formula is C14H13N5O2.